The first-order valence-electron chi connectivity index (χ1n) is 16.1. The van der Waals surface area contributed by atoms with Crippen molar-refractivity contribution < 1.29 is 30.3 Å². The molecule has 6 N–H and O–H groups in total. The Bertz CT molecular complexity index is 1420. The van der Waals surface area contributed by atoms with Gasteiger partial charge in [-0.1, -0.05) is 29.8 Å². The van der Waals surface area contributed by atoms with Crippen LogP contribution >= 0.6 is 23.4 Å². The van der Waals surface area contributed by atoms with Gasteiger partial charge < -0.3 is 40.5 Å². The zero-order chi connectivity index (χ0) is 32.7. The number of likely N-dealkylation sites (N-methyl/N-ethyl adjacent to an activating group) is 1. The molecule has 2 aliphatic rings. The molecule has 2 saturated carbocycles. The van der Waals surface area contributed by atoms with Crippen LogP contribution in [0.4, 0.5) is 0 Å². The van der Waals surface area contributed by atoms with E-state index in [0.29, 0.717) is 19.2 Å². The second-order valence-electron chi connectivity index (χ2n) is 12.5. The van der Waals surface area contributed by atoms with Crippen LogP contribution in [0.25, 0.3) is 11.1 Å². The Labute approximate surface area is 280 Å². The molecule has 2 aliphatic carbocycles. The summed E-state index contributed by atoms with van der Waals surface area (Å²) in [5, 5.41) is 53.1. The molecule has 0 spiro atoms. The monoisotopic (exact) mass is 671 g/mol. The van der Waals surface area contributed by atoms with Crippen LogP contribution in [0.3, 0.4) is 0 Å². The molecule has 11 heteroatoms. The number of thioether (sulfide) groups is 1. The Hall–Kier alpha value is -2.25. The van der Waals surface area contributed by atoms with E-state index in [1.807, 2.05) is 36.5 Å². The predicted octanol–water partition coefficient (Wildman–Crippen LogP) is 3.96. The van der Waals surface area contributed by atoms with Gasteiger partial charge in [-0.25, -0.2) is 0 Å². The number of unbranched alkanes of at least 4 members (excludes halogenated alkanes) is 1. The van der Waals surface area contributed by atoms with E-state index in [9.17, 15) is 20.4 Å². The molecule has 3 aromatic rings. The largest absolute Gasteiger partial charge is 0.490 e. The molecular weight excluding hydrogens is 626 g/mol. The van der Waals surface area contributed by atoms with Gasteiger partial charge in [0.1, 0.15) is 24.1 Å². The minimum atomic E-state index is -1.61. The number of rotatable bonds is 19. The van der Waals surface area contributed by atoms with E-state index in [1.165, 1.54) is 5.56 Å². The van der Waals surface area contributed by atoms with Crippen molar-refractivity contribution in [3.63, 3.8) is 0 Å². The summed E-state index contributed by atoms with van der Waals surface area (Å²) in [6, 6.07) is 16.5. The van der Waals surface area contributed by atoms with Crippen LogP contribution in [0.2, 0.25) is 5.02 Å². The van der Waals surface area contributed by atoms with E-state index in [0.717, 1.165) is 76.6 Å². The lowest BCUT2D eigenvalue weighted by Gasteiger charge is -2.28. The fourth-order valence-electron chi connectivity index (χ4n) is 5.63. The minimum Gasteiger partial charge on any atom is -0.490 e. The lowest BCUT2D eigenvalue weighted by atomic mass is 9.94. The standard InChI is InChI=1S/C35H46ClN3O6S/c1-39(21-30(41)33(43)34(44)31(42)22-40)16-4-5-17-46-25-10-11-29(36)23(18-25)19-38-35(13-14-35)28-20-37-15-12-26(28)27-6-2-3-7-32(27)45-24-8-9-24/h2-3,6-7,10-12,15,18,20,24,30-31,33-34,38,40-44H,4-5,8-9,13-14,16-17,19,21-22H2,1H3/t30-,31+,33-,34-/m1/s1. The van der Waals surface area contributed by atoms with E-state index in [-0.39, 0.29) is 12.1 Å². The Morgan fingerprint density at radius 1 is 1.02 bits per heavy atom. The summed E-state index contributed by atoms with van der Waals surface area (Å²) in [5.74, 6) is 1.85. The maximum absolute atomic E-state index is 10.2. The molecule has 2 fully saturated rings. The summed E-state index contributed by atoms with van der Waals surface area (Å²) in [4.78, 5) is 7.53. The van der Waals surface area contributed by atoms with Gasteiger partial charge in [-0.2, -0.15) is 0 Å². The predicted molar refractivity (Wildman–Crippen MR) is 181 cm³/mol. The number of para-hydroxylation sites is 1. The number of hydrogen-bond acceptors (Lipinski definition) is 10. The third-order valence-electron chi connectivity index (χ3n) is 8.74. The van der Waals surface area contributed by atoms with E-state index < -0.39 is 31.0 Å². The van der Waals surface area contributed by atoms with Crippen LogP contribution in [-0.2, 0) is 12.1 Å². The van der Waals surface area contributed by atoms with Crippen LogP contribution in [0.15, 0.2) is 65.8 Å². The molecule has 0 bridgehead atoms. The van der Waals surface area contributed by atoms with Crippen molar-refractivity contribution >= 4 is 23.4 Å². The zero-order valence-corrected chi connectivity index (χ0v) is 27.8. The van der Waals surface area contributed by atoms with Crippen molar-refractivity contribution in [1.82, 2.24) is 15.2 Å². The van der Waals surface area contributed by atoms with Crippen LogP contribution in [-0.4, -0.2) is 98.4 Å². The van der Waals surface area contributed by atoms with Crippen LogP contribution in [0, 0.1) is 0 Å². The van der Waals surface area contributed by atoms with E-state index in [1.54, 1.807) is 11.8 Å². The van der Waals surface area contributed by atoms with Gasteiger partial charge in [0.15, 0.2) is 0 Å². The van der Waals surface area contributed by atoms with Crippen LogP contribution in [0.1, 0.15) is 49.7 Å². The van der Waals surface area contributed by atoms with Crippen molar-refractivity contribution in [3.05, 3.63) is 77.1 Å². The number of halogens is 1. The highest BCUT2D eigenvalue weighted by molar-refractivity contribution is 7.99. The second-order valence-corrected chi connectivity index (χ2v) is 14.1. The van der Waals surface area contributed by atoms with Gasteiger partial charge in [-0.05, 0) is 105 Å². The molecule has 1 aromatic heterocycles. The number of aliphatic hydroxyl groups is 5. The molecule has 0 saturated heterocycles. The highest BCUT2D eigenvalue weighted by Crippen LogP contribution is 2.50. The van der Waals surface area contributed by atoms with Gasteiger partial charge in [0.25, 0.3) is 0 Å². The normalized spacial score (nSPS) is 18.3. The molecule has 0 aliphatic heterocycles. The molecule has 0 unspecified atom stereocenters. The van der Waals surface area contributed by atoms with Gasteiger partial charge in [0.2, 0.25) is 0 Å². The molecule has 1 heterocycles. The summed E-state index contributed by atoms with van der Waals surface area (Å²) in [7, 11) is 1.83. The Balaban J connectivity index is 1.11. The lowest BCUT2D eigenvalue weighted by Crippen LogP contribution is -2.49. The Morgan fingerprint density at radius 2 is 1.78 bits per heavy atom. The number of aromatic nitrogens is 1. The number of nitrogens with one attached hydrogen (secondary N) is 1. The molecule has 2 aromatic carbocycles. The topological polar surface area (TPSA) is 139 Å². The van der Waals surface area contributed by atoms with Crippen molar-refractivity contribution in [1.29, 1.82) is 0 Å². The van der Waals surface area contributed by atoms with Crippen molar-refractivity contribution in [2.45, 2.75) is 86.0 Å². The summed E-state index contributed by atoms with van der Waals surface area (Å²) in [6.07, 6.45) is 4.39. The van der Waals surface area contributed by atoms with Gasteiger partial charge >= 0.3 is 0 Å². The number of nitrogens with zero attached hydrogens (tertiary/aromatic N) is 2. The average molecular weight is 672 g/mol. The molecule has 4 atom stereocenters. The quantitative estimate of drug-likeness (QED) is 0.0820. The van der Waals surface area contributed by atoms with Gasteiger partial charge in [-0.15, -0.1) is 11.8 Å². The first-order valence-corrected chi connectivity index (χ1v) is 17.5. The summed E-state index contributed by atoms with van der Waals surface area (Å²) in [6.45, 7) is 0.794. The number of hydrogen-bond donors (Lipinski definition) is 6. The van der Waals surface area contributed by atoms with Crippen molar-refractivity contribution in [2.75, 3.05) is 32.5 Å². The van der Waals surface area contributed by atoms with Crippen molar-refractivity contribution in [2.24, 2.45) is 0 Å². The molecule has 0 amide bonds. The molecular formula is C35H46ClN3O6S. The number of pyridine rings is 1. The third kappa shape index (κ3) is 9.21. The van der Waals surface area contributed by atoms with Crippen LogP contribution in [0.5, 0.6) is 5.75 Å². The smallest absolute Gasteiger partial charge is 0.127 e. The fourth-order valence-corrected chi connectivity index (χ4v) is 6.79. The fraction of sp³-hybridized carbons (Fsp3) is 0.514. The van der Waals surface area contributed by atoms with E-state index >= 15 is 0 Å². The second kappa shape index (κ2) is 16.2. The molecule has 250 valence electrons. The number of ether oxygens (including phenoxy) is 1. The van der Waals surface area contributed by atoms with E-state index in [4.69, 9.17) is 21.4 Å². The average Bonchev–Trinajstić information content (AvgIpc) is 4.01. The SMILES string of the molecule is CN(CCCCSc1ccc(Cl)c(CNC2(c3cnccc3-c3ccccc3OC3CC3)CC2)c1)C[C@@H](O)[C@@H](O)[C@H](O)[C@@H](O)CO. The highest BCUT2D eigenvalue weighted by atomic mass is 35.5. The van der Waals surface area contributed by atoms with Gasteiger partial charge in [0, 0.05) is 46.5 Å². The lowest BCUT2D eigenvalue weighted by molar-refractivity contribution is -0.118. The minimum absolute atomic E-state index is 0.139. The van der Waals surface area contributed by atoms with Crippen molar-refractivity contribution in [3.8, 4) is 16.9 Å². The summed E-state index contributed by atoms with van der Waals surface area (Å²) in [5.41, 5.74) is 4.35. The first-order chi connectivity index (χ1) is 22.2. The molecule has 0 radical (unpaired) electrons. The summed E-state index contributed by atoms with van der Waals surface area (Å²) >= 11 is 8.43. The maximum atomic E-state index is 10.2. The molecule has 5 rings (SSSR count). The first kappa shape index (κ1) is 35.1. The zero-order valence-electron chi connectivity index (χ0n) is 26.3. The number of benzene rings is 2. The van der Waals surface area contributed by atoms with Crippen LogP contribution < -0.4 is 10.1 Å². The summed E-state index contributed by atoms with van der Waals surface area (Å²) < 4.78 is 6.25. The van der Waals surface area contributed by atoms with Gasteiger partial charge in [0.05, 0.1) is 18.8 Å². The molecule has 46 heavy (non-hydrogen) atoms. The van der Waals surface area contributed by atoms with E-state index in [2.05, 4.69) is 46.7 Å². The Morgan fingerprint density at radius 3 is 2.52 bits per heavy atom. The highest BCUT2D eigenvalue weighted by Gasteiger charge is 2.46. The third-order valence-corrected chi connectivity index (χ3v) is 10.2. The maximum Gasteiger partial charge on any atom is 0.127 e. The number of aliphatic hydroxyl groups excluding tert-OH is 5. The van der Waals surface area contributed by atoms with Gasteiger partial charge in [-0.3, -0.25) is 4.98 Å². The molecule has 9 nitrogen and oxygen atoms in total. The Kier molecular flexibility index (Phi) is 12.4.